The highest BCUT2D eigenvalue weighted by Crippen LogP contribution is 2.23. The van der Waals surface area contributed by atoms with E-state index in [0.29, 0.717) is 19.3 Å². The molecular formula is C39H59N5O6. The monoisotopic (exact) mass is 693 g/mol. The zero-order valence-corrected chi connectivity index (χ0v) is 31.6. The van der Waals surface area contributed by atoms with Crippen molar-refractivity contribution in [3.63, 3.8) is 0 Å². The topological polar surface area (TPSA) is 145 Å². The average Bonchev–Trinajstić information content (AvgIpc) is 3.08. The molecule has 6 atom stereocenters. The van der Waals surface area contributed by atoms with Crippen molar-refractivity contribution in [2.24, 2.45) is 23.5 Å². The molecule has 276 valence electrons. The number of hydrogen-bond acceptors (Lipinski definition) is 6. The number of carboxylic acids is 1. The average molecular weight is 694 g/mol. The summed E-state index contributed by atoms with van der Waals surface area (Å²) < 4.78 is 0. The quantitative estimate of drug-likeness (QED) is 0.241. The third-order valence-corrected chi connectivity index (χ3v) is 9.63. The highest BCUT2D eigenvalue weighted by molar-refractivity contribution is 5.95. The van der Waals surface area contributed by atoms with E-state index in [1.165, 1.54) is 33.7 Å². The molecule has 2 rings (SSSR count). The lowest BCUT2D eigenvalue weighted by molar-refractivity contribution is -0.158. The van der Waals surface area contributed by atoms with Crippen molar-refractivity contribution in [3.8, 4) is 0 Å². The summed E-state index contributed by atoms with van der Waals surface area (Å²) in [6.07, 6.45) is 1.35. The van der Waals surface area contributed by atoms with E-state index >= 15 is 0 Å². The number of likely N-dealkylation sites (N-methyl/N-ethyl adjacent to an activating group) is 4. The van der Waals surface area contributed by atoms with Crippen molar-refractivity contribution in [3.05, 3.63) is 71.8 Å². The van der Waals surface area contributed by atoms with E-state index in [2.05, 4.69) is 0 Å². The molecule has 0 saturated heterocycles. The molecule has 3 N–H and O–H groups in total. The van der Waals surface area contributed by atoms with Crippen LogP contribution in [-0.4, -0.2) is 113 Å². The van der Waals surface area contributed by atoms with Crippen molar-refractivity contribution in [1.82, 2.24) is 19.6 Å². The number of nitrogens with zero attached hydrogens (tertiary/aromatic N) is 4. The third-order valence-electron chi connectivity index (χ3n) is 9.63. The van der Waals surface area contributed by atoms with Gasteiger partial charge in [-0.1, -0.05) is 109 Å². The first-order valence-corrected chi connectivity index (χ1v) is 17.6. The molecule has 11 nitrogen and oxygen atoms in total. The van der Waals surface area contributed by atoms with E-state index in [-0.39, 0.29) is 24.2 Å². The summed E-state index contributed by atoms with van der Waals surface area (Å²) in [6, 6.07) is 13.9. The van der Waals surface area contributed by atoms with Gasteiger partial charge in [0.25, 0.3) is 0 Å². The van der Waals surface area contributed by atoms with Crippen LogP contribution in [0.4, 0.5) is 0 Å². The molecule has 50 heavy (non-hydrogen) atoms. The molecule has 2 aromatic carbocycles. The Balaban J connectivity index is 2.48. The van der Waals surface area contributed by atoms with Gasteiger partial charge in [0.1, 0.15) is 24.2 Å². The lowest BCUT2D eigenvalue weighted by Gasteiger charge is -2.40. The Kier molecular flexibility index (Phi) is 16.1. The van der Waals surface area contributed by atoms with Gasteiger partial charge in [-0.3, -0.25) is 19.2 Å². The lowest BCUT2D eigenvalue weighted by atomic mass is 9.94. The number of rotatable bonds is 18. The number of amides is 4. The highest BCUT2D eigenvalue weighted by atomic mass is 16.4. The Hall–Kier alpha value is -4.25. The number of carbonyl (C=O) groups is 5. The van der Waals surface area contributed by atoms with E-state index in [9.17, 15) is 29.1 Å². The molecule has 0 aliphatic carbocycles. The highest BCUT2D eigenvalue weighted by Gasteiger charge is 2.42. The fourth-order valence-electron chi connectivity index (χ4n) is 6.49. The van der Waals surface area contributed by atoms with Crippen molar-refractivity contribution < 1.29 is 29.1 Å². The van der Waals surface area contributed by atoms with Gasteiger partial charge >= 0.3 is 5.97 Å². The molecule has 0 saturated carbocycles. The van der Waals surface area contributed by atoms with Crippen LogP contribution in [0.25, 0.3) is 0 Å². The fraction of sp³-hybridized carbons (Fsp3) is 0.564. The van der Waals surface area contributed by atoms with Gasteiger partial charge in [0.15, 0.2) is 0 Å². The molecule has 0 radical (unpaired) electrons. The normalized spacial score (nSPS) is 15.0. The van der Waals surface area contributed by atoms with E-state index in [4.69, 9.17) is 5.73 Å². The molecule has 2 aromatic rings. The Bertz CT molecular complexity index is 1420. The van der Waals surface area contributed by atoms with Crippen LogP contribution < -0.4 is 5.73 Å². The second kappa shape index (κ2) is 19.2. The summed E-state index contributed by atoms with van der Waals surface area (Å²) in [5, 5.41) is 9.98. The molecular weight excluding hydrogens is 634 g/mol. The third kappa shape index (κ3) is 10.9. The van der Waals surface area contributed by atoms with E-state index in [1.54, 1.807) is 34.9 Å². The second-order valence-corrected chi connectivity index (χ2v) is 14.3. The predicted molar refractivity (Wildman–Crippen MR) is 196 cm³/mol. The SMILES string of the molecule is CC[C@H](C)[C@@H](C(=O)O)N(C)C(=O)[C@H](C(C)C)N(C)C(=O)[C@H](CC(C)C)N(C)C(=O)[C@H](Cc1ccccc1)N(C)C(=O)[C@@H](N)Cc1ccccc1. The van der Waals surface area contributed by atoms with Crippen LogP contribution >= 0.6 is 0 Å². The van der Waals surface area contributed by atoms with Gasteiger partial charge in [0.05, 0.1) is 6.04 Å². The first kappa shape index (κ1) is 41.9. The zero-order chi connectivity index (χ0) is 37.9. The largest absolute Gasteiger partial charge is 0.480 e. The molecule has 0 heterocycles. The standard InChI is InChI=1S/C39H59N5O6/c1-11-27(6)34(39(49)50)44(10)38(48)33(26(4)5)43(9)37(47)31(22-25(2)3)42(8)36(46)32(24-29-20-16-13-17-21-29)41(7)35(45)30(40)23-28-18-14-12-15-19-28/h12-21,25-27,30-34H,11,22-24,40H2,1-10H3,(H,49,50)/t27-,30-,31-,32-,33-,34-/m0/s1. The van der Waals surface area contributed by atoms with Crippen LogP contribution in [0.2, 0.25) is 0 Å². The predicted octanol–water partition coefficient (Wildman–Crippen LogP) is 3.94. The van der Waals surface area contributed by atoms with Crippen molar-refractivity contribution in [2.45, 2.75) is 97.4 Å². The van der Waals surface area contributed by atoms with Crippen LogP contribution in [0.5, 0.6) is 0 Å². The Morgan fingerprint density at radius 1 is 0.620 bits per heavy atom. The first-order valence-electron chi connectivity index (χ1n) is 17.6. The second-order valence-electron chi connectivity index (χ2n) is 14.3. The minimum atomic E-state index is -1.11. The smallest absolute Gasteiger partial charge is 0.326 e. The van der Waals surface area contributed by atoms with Crippen LogP contribution in [0.3, 0.4) is 0 Å². The number of carbonyl (C=O) groups excluding carboxylic acids is 4. The van der Waals surface area contributed by atoms with Gasteiger partial charge in [-0.25, -0.2) is 4.79 Å². The molecule has 4 amide bonds. The number of nitrogens with two attached hydrogens (primary N) is 1. The molecule has 0 bridgehead atoms. The molecule has 0 fully saturated rings. The van der Waals surface area contributed by atoms with Gasteiger partial charge < -0.3 is 30.4 Å². The number of hydrogen-bond donors (Lipinski definition) is 2. The van der Waals surface area contributed by atoms with Gasteiger partial charge in [0.2, 0.25) is 23.6 Å². The number of carboxylic acid groups (broad SMARTS) is 1. The van der Waals surface area contributed by atoms with Crippen molar-refractivity contribution in [1.29, 1.82) is 0 Å². The van der Waals surface area contributed by atoms with Crippen molar-refractivity contribution in [2.75, 3.05) is 28.2 Å². The molecule has 0 spiro atoms. The summed E-state index contributed by atoms with van der Waals surface area (Å²) >= 11 is 0. The number of aliphatic carboxylic acids is 1. The molecule has 0 aromatic heterocycles. The molecule has 0 unspecified atom stereocenters. The first-order chi connectivity index (χ1) is 23.4. The zero-order valence-electron chi connectivity index (χ0n) is 31.6. The Morgan fingerprint density at radius 3 is 1.50 bits per heavy atom. The minimum Gasteiger partial charge on any atom is -0.480 e. The summed E-state index contributed by atoms with van der Waals surface area (Å²) in [5.74, 6) is -3.54. The maximum absolute atomic E-state index is 14.5. The van der Waals surface area contributed by atoms with Gasteiger partial charge in [0, 0.05) is 34.6 Å². The van der Waals surface area contributed by atoms with Crippen LogP contribution in [0.1, 0.15) is 65.5 Å². The van der Waals surface area contributed by atoms with Gasteiger partial charge in [-0.05, 0) is 41.7 Å². The molecule has 0 aliphatic rings. The van der Waals surface area contributed by atoms with Crippen LogP contribution in [0, 0.1) is 17.8 Å². The van der Waals surface area contributed by atoms with Crippen molar-refractivity contribution >= 4 is 29.6 Å². The van der Waals surface area contributed by atoms with E-state index in [1.807, 2.05) is 81.4 Å². The Morgan fingerprint density at radius 2 is 1.06 bits per heavy atom. The lowest BCUT2D eigenvalue weighted by Crippen LogP contribution is -2.61. The maximum Gasteiger partial charge on any atom is 0.326 e. The summed E-state index contributed by atoms with van der Waals surface area (Å²) in [7, 11) is 6.12. The van der Waals surface area contributed by atoms with Gasteiger partial charge in [-0.2, -0.15) is 0 Å². The summed E-state index contributed by atoms with van der Waals surface area (Å²) in [6.45, 7) is 11.1. The Labute approximate surface area is 298 Å². The number of benzene rings is 2. The minimum absolute atomic E-state index is 0.00324. The summed E-state index contributed by atoms with van der Waals surface area (Å²) in [4.78, 5) is 74.2. The van der Waals surface area contributed by atoms with Gasteiger partial charge in [-0.15, -0.1) is 0 Å². The van der Waals surface area contributed by atoms with Crippen LogP contribution in [0.15, 0.2) is 60.7 Å². The molecule has 0 aliphatic heterocycles. The van der Waals surface area contributed by atoms with Crippen LogP contribution in [-0.2, 0) is 36.8 Å². The van der Waals surface area contributed by atoms with E-state index < -0.39 is 59.8 Å². The molecule has 11 heteroatoms. The maximum atomic E-state index is 14.5. The van der Waals surface area contributed by atoms with E-state index in [0.717, 1.165) is 11.1 Å². The summed E-state index contributed by atoms with van der Waals surface area (Å²) in [5.41, 5.74) is 8.14. The fourth-order valence-corrected chi connectivity index (χ4v) is 6.49.